The second-order valence-corrected chi connectivity index (χ2v) is 8.53. The Hall–Kier alpha value is -2.94. The van der Waals surface area contributed by atoms with Crippen molar-refractivity contribution in [1.29, 1.82) is 0 Å². The molecule has 0 aliphatic carbocycles. The molecule has 9 heteroatoms. The van der Waals surface area contributed by atoms with E-state index in [1.54, 1.807) is 30.3 Å². The highest BCUT2D eigenvalue weighted by molar-refractivity contribution is 6.06. The van der Waals surface area contributed by atoms with Crippen LogP contribution in [0.15, 0.2) is 18.3 Å². The van der Waals surface area contributed by atoms with Crippen molar-refractivity contribution in [2.45, 2.75) is 52.3 Å². The smallest absolute Gasteiger partial charge is 0.337 e. The van der Waals surface area contributed by atoms with Gasteiger partial charge in [-0.2, -0.15) is 4.98 Å². The van der Waals surface area contributed by atoms with Crippen LogP contribution in [0.4, 0.5) is 5.69 Å². The number of hydrogen-bond acceptors (Lipinski definition) is 7. The van der Waals surface area contributed by atoms with Crippen LogP contribution < -0.4 is 9.64 Å². The van der Waals surface area contributed by atoms with Crippen LogP contribution in [-0.2, 0) is 9.53 Å². The number of carboxylic acids is 1. The fourth-order valence-corrected chi connectivity index (χ4v) is 3.38. The van der Waals surface area contributed by atoms with E-state index in [9.17, 15) is 14.7 Å². The SMILES string of the molecule is COC(C)(C)C.COc1ncc2c(N3CC(C)N(C=O)C(C)C3)ccc(C(=O)O)c2n1. The van der Waals surface area contributed by atoms with Crippen molar-refractivity contribution in [2.24, 2.45) is 0 Å². The summed E-state index contributed by atoms with van der Waals surface area (Å²) in [6.45, 7) is 11.3. The van der Waals surface area contributed by atoms with Gasteiger partial charge in [0, 0.05) is 49.6 Å². The second-order valence-electron chi connectivity index (χ2n) is 8.53. The molecule has 31 heavy (non-hydrogen) atoms. The molecule has 1 fully saturated rings. The van der Waals surface area contributed by atoms with E-state index in [0.717, 1.165) is 12.1 Å². The summed E-state index contributed by atoms with van der Waals surface area (Å²) in [6, 6.07) is 3.55. The van der Waals surface area contributed by atoms with E-state index in [4.69, 9.17) is 9.47 Å². The number of methoxy groups -OCH3 is 2. The first-order valence-electron chi connectivity index (χ1n) is 10.1. The Morgan fingerprint density at radius 3 is 2.23 bits per heavy atom. The quantitative estimate of drug-likeness (QED) is 0.736. The standard InChI is InChI=1S/C17H20N4O4.C5H12O/c1-10-7-20(8-11(2)21(10)9-22)14-5-4-12(16(23)24)15-13(14)6-18-17(19-15)25-3;1-5(2,3)6-4/h4-6,9-11H,7-8H2,1-3H3,(H,23,24);1-4H3. The minimum Gasteiger partial charge on any atom is -0.478 e. The zero-order valence-electron chi connectivity index (χ0n) is 19.2. The van der Waals surface area contributed by atoms with Crippen molar-refractivity contribution in [3.63, 3.8) is 0 Å². The Morgan fingerprint density at radius 2 is 1.77 bits per heavy atom. The second kappa shape index (κ2) is 9.91. The Kier molecular flexibility index (Phi) is 7.78. The number of hydrogen-bond donors (Lipinski definition) is 1. The molecule has 1 aliphatic heterocycles. The molecule has 0 bridgehead atoms. The summed E-state index contributed by atoms with van der Waals surface area (Å²) in [6.07, 6.45) is 2.47. The first kappa shape index (κ1) is 24.3. The molecule has 1 N–H and O–H groups in total. The fourth-order valence-electron chi connectivity index (χ4n) is 3.38. The fraction of sp³-hybridized carbons (Fsp3) is 0.545. The molecule has 2 aromatic rings. The average Bonchev–Trinajstić information content (AvgIpc) is 2.72. The number of anilines is 1. The molecular formula is C22H32N4O5. The van der Waals surface area contributed by atoms with E-state index in [2.05, 4.69) is 14.9 Å². The number of fused-ring (bicyclic) bond motifs is 1. The Bertz CT molecular complexity index is 916. The molecule has 1 saturated heterocycles. The molecule has 170 valence electrons. The van der Waals surface area contributed by atoms with Crippen LogP contribution in [0.3, 0.4) is 0 Å². The highest BCUT2D eigenvalue weighted by Gasteiger charge is 2.29. The Labute approximate surface area is 183 Å². The van der Waals surface area contributed by atoms with Gasteiger partial charge >= 0.3 is 12.0 Å². The van der Waals surface area contributed by atoms with E-state index in [1.165, 1.54) is 7.11 Å². The number of benzene rings is 1. The molecule has 1 aromatic carbocycles. The first-order chi connectivity index (χ1) is 14.5. The summed E-state index contributed by atoms with van der Waals surface area (Å²) in [5, 5.41) is 10.1. The number of ether oxygens (including phenoxy) is 2. The third kappa shape index (κ3) is 5.81. The van der Waals surface area contributed by atoms with Crippen LogP contribution in [0.5, 0.6) is 6.01 Å². The highest BCUT2D eigenvalue weighted by atomic mass is 16.5. The zero-order chi connectivity index (χ0) is 23.3. The summed E-state index contributed by atoms with van der Waals surface area (Å²) >= 11 is 0. The van der Waals surface area contributed by atoms with Gasteiger partial charge in [0.25, 0.3) is 0 Å². The molecule has 2 atom stereocenters. The van der Waals surface area contributed by atoms with Crippen LogP contribution in [0.25, 0.3) is 10.9 Å². The van der Waals surface area contributed by atoms with Crippen LogP contribution in [-0.4, -0.2) is 77.3 Å². The lowest BCUT2D eigenvalue weighted by Gasteiger charge is -2.43. The summed E-state index contributed by atoms with van der Waals surface area (Å²) in [4.78, 5) is 35.1. The van der Waals surface area contributed by atoms with Gasteiger partial charge in [-0.15, -0.1) is 0 Å². The van der Waals surface area contributed by atoms with Crippen molar-refractivity contribution in [1.82, 2.24) is 14.9 Å². The van der Waals surface area contributed by atoms with E-state index < -0.39 is 5.97 Å². The zero-order valence-corrected chi connectivity index (χ0v) is 19.2. The van der Waals surface area contributed by atoms with Gasteiger partial charge in [-0.3, -0.25) is 4.79 Å². The molecule has 1 aliphatic rings. The molecule has 1 amide bonds. The van der Waals surface area contributed by atoms with Gasteiger partial charge in [0.05, 0.1) is 23.8 Å². The number of rotatable bonds is 4. The first-order valence-corrected chi connectivity index (χ1v) is 10.1. The molecule has 2 unspecified atom stereocenters. The summed E-state index contributed by atoms with van der Waals surface area (Å²) in [7, 11) is 3.15. The Balaban J connectivity index is 0.000000501. The number of piperazine rings is 1. The monoisotopic (exact) mass is 432 g/mol. The van der Waals surface area contributed by atoms with Crippen LogP contribution >= 0.6 is 0 Å². The average molecular weight is 433 g/mol. The lowest BCUT2D eigenvalue weighted by atomic mass is 10.0. The molecule has 0 spiro atoms. The van der Waals surface area contributed by atoms with Crippen LogP contribution in [0.1, 0.15) is 45.0 Å². The number of aromatic carboxylic acids is 1. The third-order valence-corrected chi connectivity index (χ3v) is 5.18. The third-order valence-electron chi connectivity index (χ3n) is 5.18. The lowest BCUT2D eigenvalue weighted by molar-refractivity contribution is -0.122. The number of amides is 1. The molecule has 0 radical (unpaired) electrons. The maximum absolute atomic E-state index is 11.5. The number of carbonyl (C=O) groups is 2. The van der Waals surface area contributed by atoms with Crippen molar-refractivity contribution >= 4 is 29.0 Å². The molecule has 9 nitrogen and oxygen atoms in total. The van der Waals surface area contributed by atoms with Gasteiger partial charge in [0.15, 0.2) is 0 Å². The maximum Gasteiger partial charge on any atom is 0.337 e. The van der Waals surface area contributed by atoms with Crippen LogP contribution in [0.2, 0.25) is 0 Å². The van der Waals surface area contributed by atoms with Gasteiger partial charge in [0.1, 0.15) is 0 Å². The summed E-state index contributed by atoms with van der Waals surface area (Å²) in [5.41, 5.74) is 1.34. The van der Waals surface area contributed by atoms with E-state index in [0.29, 0.717) is 24.0 Å². The van der Waals surface area contributed by atoms with E-state index in [1.807, 2.05) is 34.6 Å². The molecule has 0 saturated carbocycles. The van der Waals surface area contributed by atoms with Gasteiger partial charge in [0.2, 0.25) is 6.41 Å². The maximum atomic E-state index is 11.5. The van der Waals surface area contributed by atoms with E-state index >= 15 is 0 Å². The van der Waals surface area contributed by atoms with Gasteiger partial charge in [-0.05, 0) is 46.8 Å². The number of aromatic nitrogens is 2. The molecule has 2 heterocycles. The highest BCUT2D eigenvalue weighted by Crippen LogP contribution is 2.31. The lowest BCUT2D eigenvalue weighted by Crippen LogP contribution is -2.56. The minimum absolute atomic E-state index is 0.0417. The summed E-state index contributed by atoms with van der Waals surface area (Å²) in [5.74, 6) is -1.05. The van der Waals surface area contributed by atoms with Gasteiger partial charge < -0.3 is 24.4 Å². The van der Waals surface area contributed by atoms with Gasteiger partial charge in [-0.1, -0.05) is 0 Å². The van der Waals surface area contributed by atoms with Crippen molar-refractivity contribution < 1.29 is 24.2 Å². The summed E-state index contributed by atoms with van der Waals surface area (Å²) < 4.78 is 9.97. The van der Waals surface area contributed by atoms with Crippen molar-refractivity contribution in [2.75, 3.05) is 32.2 Å². The number of nitrogens with zero attached hydrogens (tertiary/aromatic N) is 4. The minimum atomic E-state index is -1.05. The van der Waals surface area contributed by atoms with Crippen molar-refractivity contribution in [3.05, 3.63) is 23.9 Å². The normalized spacial score (nSPS) is 18.9. The largest absolute Gasteiger partial charge is 0.478 e. The van der Waals surface area contributed by atoms with Gasteiger partial charge in [-0.25, -0.2) is 9.78 Å². The number of carbonyl (C=O) groups excluding carboxylic acids is 1. The van der Waals surface area contributed by atoms with E-state index in [-0.39, 0.29) is 29.3 Å². The number of carboxylic acid groups (broad SMARTS) is 1. The predicted molar refractivity (Wildman–Crippen MR) is 119 cm³/mol. The van der Waals surface area contributed by atoms with Crippen molar-refractivity contribution in [3.8, 4) is 6.01 Å². The molecule has 1 aromatic heterocycles. The van der Waals surface area contributed by atoms with Crippen LogP contribution in [0, 0.1) is 0 Å². The predicted octanol–water partition coefficient (Wildman–Crippen LogP) is 2.82. The Morgan fingerprint density at radius 1 is 1.19 bits per heavy atom. The topological polar surface area (TPSA) is 105 Å². The molecule has 3 rings (SSSR count). The molecular weight excluding hydrogens is 400 g/mol.